The van der Waals surface area contributed by atoms with Crippen LogP contribution in [0.4, 0.5) is 0 Å². The van der Waals surface area contributed by atoms with Crippen LogP contribution >= 0.6 is 12.2 Å². The molecule has 0 aromatic carbocycles. The molecule has 0 aromatic heterocycles. The van der Waals surface area contributed by atoms with Crippen LogP contribution in [0.25, 0.3) is 0 Å². The molecule has 1 aliphatic rings. The highest BCUT2D eigenvalue weighted by Gasteiger charge is 2.38. The summed E-state index contributed by atoms with van der Waals surface area (Å²) in [4.78, 5) is 13.7. The molecule has 0 atom stereocenters. The molecule has 0 unspecified atom stereocenters. The molecule has 0 bridgehead atoms. The van der Waals surface area contributed by atoms with Crippen LogP contribution in [0.2, 0.25) is 0 Å². The molecule has 1 rings (SSSR count). The first-order chi connectivity index (χ1) is 7.50. The number of thiocarbonyl (C=S) groups is 1. The number of hydrogen-bond donors (Lipinski definition) is 2. The van der Waals surface area contributed by atoms with E-state index in [-0.39, 0.29) is 5.91 Å². The molecule has 0 radical (unpaired) electrons. The van der Waals surface area contributed by atoms with Crippen molar-refractivity contribution >= 4 is 23.2 Å². The van der Waals surface area contributed by atoms with Gasteiger partial charge in [-0.25, -0.2) is 0 Å². The minimum atomic E-state index is -0.547. The summed E-state index contributed by atoms with van der Waals surface area (Å²) < 4.78 is 0. The SMILES string of the molecule is CCCCNC(=S)N1CCNC(=O)C1(C)C. The lowest BCUT2D eigenvalue weighted by Crippen LogP contribution is -2.65. The third-order valence-corrected chi connectivity index (χ3v) is 3.27. The average Bonchev–Trinajstić information content (AvgIpc) is 2.22. The number of nitrogens with one attached hydrogen (secondary N) is 2. The predicted octanol–water partition coefficient (Wildman–Crippen LogP) is 0.871. The van der Waals surface area contributed by atoms with Gasteiger partial charge in [-0.1, -0.05) is 13.3 Å². The van der Waals surface area contributed by atoms with Gasteiger partial charge in [0, 0.05) is 19.6 Å². The van der Waals surface area contributed by atoms with Gasteiger partial charge < -0.3 is 15.5 Å². The van der Waals surface area contributed by atoms with Gasteiger partial charge in [-0.2, -0.15) is 0 Å². The van der Waals surface area contributed by atoms with E-state index < -0.39 is 5.54 Å². The summed E-state index contributed by atoms with van der Waals surface area (Å²) >= 11 is 5.32. The Hall–Kier alpha value is -0.840. The molecule has 0 spiro atoms. The molecule has 1 heterocycles. The van der Waals surface area contributed by atoms with E-state index in [0.717, 1.165) is 25.9 Å². The van der Waals surface area contributed by atoms with Gasteiger partial charge in [-0.15, -0.1) is 0 Å². The zero-order chi connectivity index (χ0) is 12.2. The molecule has 2 N–H and O–H groups in total. The van der Waals surface area contributed by atoms with E-state index >= 15 is 0 Å². The van der Waals surface area contributed by atoms with Crippen molar-refractivity contribution in [1.29, 1.82) is 0 Å². The highest BCUT2D eigenvalue weighted by Crippen LogP contribution is 2.17. The van der Waals surface area contributed by atoms with E-state index in [1.54, 1.807) is 0 Å². The fraction of sp³-hybridized carbons (Fsp3) is 0.818. The van der Waals surface area contributed by atoms with E-state index in [0.29, 0.717) is 11.7 Å². The van der Waals surface area contributed by atoms with Gasteiger partial charge in [0.25, 0.3) is 0 Å². The third kappa shape index (κ3) is 2.84. The van der Waals surface area contributed by atoms with Crippen LogP contribution in [0.15, 0.2) is 0 Å². The molecular formula is C11H21N3OS. The Morgan fingerprint density at radius 1 is 1.62 bits per heavy atom. The molecule has 4 nitrogen and oxygen atoms in total. The van der Waals surface area contributed by atoms with E-state index in [4.69, 9.17) is 12.2 Å². The van der Waals surface area contributed by atoms with E-state index in [2.05, 4.69) is 17.6 Å². The molecule has 5 heteroatoms. The van der Waals surface area contributed by atoms with Gasteiger partial charge in [0.2, 0.25) is 5.91 Å². The lowest BCUT2D eigenvalue weighted by atomic mass is 10.00. The van der Waals surface area contributed by atoms with Crippen molar-refractivity contribution < 1.29 is 4.79 Å². The molecule has 1 fully saturated rings. The van der Waals surface area contributed by atoms with Crippen LogP contribution in [0.5, 0.6) is 0 Å². The topological polar surface area (TPSA) is 44.4 Å². The van der Waals surface area contributed by atoms with Crippen LogP contribution in [-0.4, -0.2) is 41.1 Å². The Morgan fingerprint density at radius 2 is 2.31 bits per heavy atom. The van der Waals surface area contributed by atoms with Crippen LogP contribution in [0.3, 0.4) is 0 Å². The summed E-state index contributed by atoms with van der Waals surface area (Å²) in [5, 5.41) is 6.75. The Kier molecular flexibility index (Phi) is 4.53. The second-order valence-electron chi connectivity index (χ2n) is 4.55. The minimum absolute atomic E-state index is 0.0402. The number of piperazine rings is 1. The maximum Gasteiger partial charge on any atom is 0.245 e. The second-order valence-corrected chi connectivity index (χ2v) is 4.94. The fourth-order valence-electron chi connectivity index (χ4n) is 1.72. The Bertz CT molecular complexity index is 278. The van der Waals surface area contributed by atoms with Crippen LogP contribution in [-0.2, 0) is 4.79 Å². The largest absolute Gasteiger partial charge is 0.363 e. The Balaban J connectivity index is 2.56. The second kappa shape index (κ2) is 5.48. The van der Waals surface area contributed by atoms with E-state index in [9.17, 15) is 4.79 Å². The Morgan fingerprint density at radius 3 is 2.94 bits per heavy atom. The number of carbonyl (C=O) groups excluding carboxylic acids is 1. The molecule has 0 aromatic rings. The minimum Gasteiger partial charge on any atom is -0.363 e. The summed E-state index contributed by atoms with van der Waals surface area (Å²) in [6.45, 7) is 8.26. The number of nitrogens with zero attached hydrogens (tertiary/aromatic N) is 1. The predicted molar refractivity (Wildman–Crippen MR) is 69.3 cm³/mol. The normalized spacial score (nSPS) is 19.2. The zero-order valence-electron chi connectivity index (χ0n) is 10.3. The first-order valence-electron chi connectivity index (χ1n) is 5.84. The third-order valence-electron chi connectivity index (χ3n) is 2.90. The smallest absolute Gasteiger partial charge is 0.245 e. The van der Waals surface area contributed by atoms with Gasteiger partial charge in [0.05, 0.1) is 0 Å². The quantitative estimate of drug-likeness (QED) is 0.570. The lowest BCUT2D eigenvalue weighted by molar-refractivity contribution is -0.132. The van der Waals surface area contributed by atoms with Gasteiger partial charge in [0.1, 0.15) is 5.54 Å². The van der Waals surface area contributed by atoms with Crippen molar-refractivity contribution in [1.82, 2.24) is 15.5 Å². The summed E-state index contributed by atoms with van der Waals surface area (Å²) in [7, 11) is 0. The van der Waals surface area contributed by atoms with Crippen molar-refractivity contribution in [3.8, 4) is 0 Å². The van der Waals surface area contributed by atoms with Gasteiger partial charge >= 0.3 is 0 Å². The number of unbranched alkanes of at least 4 members (excludes halogenated alkanes) is 1. The molecule has 1 saturated heterocycles. The highest BCUT2D eigenvalue weighted by molar-refractivity contribution is 7.80. The highest BCUT2D eigenvalue weighted by atomic mass is 32.1. The van der Waals surface area contributed by atoms with Crippen molar-refractivity contribution in [3.05, 3.63) is 0 Å². The molecule has 1 amide bonds. The molecule has 1 aliphatic heterocycles. The summed E-state index contributed by atoms with van der Waals surface area (Å²) in [6.07, 6.45) is 2.24. The van der Waals surface area contributed by atoms with Crippen LogP contribution in [0.1, 0.15) is 33.6 Å². The molecular weight excluding hydrogens is 222 g/mol. The number of amides is 1. The van der Waals surface area contributed by atoms with Gasteiger partial charge in [-0.05, 0) is 32.5 Å². The van der Waals surface area contributed by atoms with Crippen LogP contribution in [0, 0.1) is 0 Å². The summed E-state index contributed by atoms with van der Waals surface area (Å²) in [6, 6.07) is 0. The number of carbonyl (C=O) groups is 1. The number of rotatable bonds is 3. The van der Waals surface area contributed by atoms with Crippen molar-refractivity contribution in [2.24, 2.45) is 0 Å². The van der Waals surface area contributed by atoms with Crippen molar-refractivity contribution in [2.75, 3.05) is 19.6 Å². The fourth-order valence-corrected chi connectivity index (χ4v) is 2.14. The summed E-state index contributed by atoms with van der Waals surface area (Å²) in [5.41, 5.74) is -0.547. The first-order valence-corrected chi connectivity index (χ1v) is 6.24. The van der Waals surface area contributed by atoms with E-state index in [1.807, 2.05) is 18.7 Å². The van der Waals surface area contributed by atoms with Crippen molar-refractivity contribution in [2.45, 2.75) is 39.2 Å². The zero-order valence-corrected chi connectivity index (χ0v) is 11.1. The average molecular weight is 243 g/mol. The standard InChI is InChI=1S/C11H21N3OS/c1-4-5-6-13-10(16)14-8-7-12-9(15)11(14,2)3/h4-8H2,1-3H3,(H,12,15)(H,13,16). The van der Waals surface area contributed by atoms with Crippen LogP contribution < -0.4 is 10.6 Å². The number of hydrogen-bond acceptors (Lipinski definition) is 2. The van der Waals surface area contributed by atoms with Gasteiger partial charge in [0.15, 0.2) is 5.11 Å². The summed E-state index contributed by atoms with van der Waals surface area (Å²) in [5.74, 6) is 0.0402. The monoisotopic (exact) mass is 243 g/mol. The van der Waals surface area contributed by atoms with E-state index in [1.165, 1.54) is 0 Å². The molecule has 0 saturated carbocycles. The lowest BCUT2D eigenvalue weighted by Gasteiger charge is -2.42. The maximum atomic E-state index is 11.7. The maximum absolute atomic E-state index is 11.7. The van der Waals surface area contributed by atoms with Crippen molar-refractivity contribution in [3.63, 3.8) is 0 Å². The van der Waals surface area contributed by atoms with Gasteiger partial charge in [-0.3, -0.25) is 4.79 Å². The molecule has 0 aliphatic carbocycles. The first kappa shape index (κ1) is 13.2. The molecule has 16 heavy (non-hydrogen) atoms. The Labute approximate surface area is 103 Å². The molecule has 92 valence electrons.